The number of hydrogen-bond acceptors (Lipinski definition) is 1. The molecule has 2 nitrogen and oxygen atoms in total. The lowest BCUT2D eigenvalue weighted by atomic mass is 10.1. The summed E-state index contributed by atoms with van der Waals surface area (Å²) < 4.78 is 38.5. The van der Waals surface area contributed by atoms with Gasteiger partial charge in [0.1, 0.15) is 0 Å². The number of nitrogens with one attached hydrogen (secondary N) is 1. The number of benzene rings is 2. The number of anilines is 1. The van der Waals surface area contributed by atoms with Gasteiger partial charge in [0, 0.05) is 0 Å². The molecule has 1 amide bonds. The maximum atomic E-state index is 12.8. The smallest absolute Gasteiger partial charge is 0.321 e. The first kappa shape index (κ1) is 14.4. The Morgan fingerprint density at radius 3 is 2.25 bits per heavy atom. The van der Waals surface area contributed by atoms with Crippen molar-refractivity contribution in [3.8, 4) is 0 Å². The quantitative estimate of drug-likeness (QED) is 0.862. The monoisotopic (exact) mass is 299 g/mol. The number of carbonyl (C=O) groups excluding carboxylic acids is 1. The molecule has 2 rings (SSSR count). The van der Waals surface area contributed by atoms with Crippen molar-refractivity contribution in [2.45, 2.75) is 6.18 Å². The molecule has 0 radical (unpaired) electrons. The normalized spacial score (nSPS) is 11.2. The number of hydrogen-bond donors (Lipinski definition) is 1. The fraction of sp³-hybridized carbons (Fsp3) is 0.0714. The predicted molar refractivity (Wildman–Crippen MR) is 70.8 cm³/mol. The lowest BCUT2D eigenvalue weighted by Crippen LogP contribution is -2.18. The molecule has 1 N–H and O–H groups in total. The molecule has 0 aromatic heterocycles. The van der Waals surface area contributed by atoms with Crippen LogP contribution < -0.4 is 5.32 Å². The van der Waals surface area contributed by atoms with Gasteiger partial charge in [-0.2, -0.15) is 13.2 Å². The highest BCUT2D eigenvalue weighted by Gasteiger charge is 2.34. The lowest BCUT2D eigenvalue weighted by molar-refractivity contribution is -0.137. The molecule has 2 aromatic rings. The van der Waals surface area contributed by atoms with Crippen molar-refractivity contribution in [2.75, 3.05) is 5.32 Å². The summed E-state index contributed by atoms with van der Waals surface area (Å²) in [6, 6.07) is 10.9. The molecule has 2 aromatic carbocycles. The van der Waals surface area contributed by atoms with E-state index in [4.69, 9.17) is 11.6 Å². The fourth-order valence-electron chi connectivity index (χ4n) is 1.68. The van der Waals surface area contributed by atoms with Gasteiger partial charge in [-0.05, 0) is 24.3 Å². The average molecular weight is 300 g/mol. The van der Waals surface area contributed by atoms with Crippen LogP contribution in [0.3, 0.4) is 0 Å². The molecule has 0 aliphatic heterocycles. The van der Waals surface area contributed by atoms with E-state index in [1.807, 2.05) is 0 Å². The largest absolute Gasteiger partial charge is 0.417 e. The van der Waals surface area contributed by atoms with Gasteiger partial charge < -0.3 is 5.32 Å². The van der Waals surface area contributed by atoms with Crippen LogP contribution in [0.15, 0.2) is 48.5 Å². The standard InChI is InChI=1S/C14H9ClF3NO/c15-11-7-3-4-8-12(11)19-13(20)9-5-1-2-6-10(9)14(16,17)18/h1-8H,(H,19,20). The van der Waals surface area contributed by atoms with Gasteiger partial charge in [0.15, 0.2) is 0 Å². The predicted octanol–water partition coefficient (Wildman–Crippen LogP) is 4.61. The molecule has 104 valence electrons. The Balaban J connectivity index is 2.34. The highest BCUT2D eigenvalue weighted by atomic mass is 35.5. The van der Waals surface area contributed by atoms with Crippen LogP contribution in [0.5, 0.6) is 0 Å². The molecule has 0 spiro atoms. The van der Waals surface area contributed by atoms with Gasteiger partial charge in [0.25, 0.3) is 5.91 Å². The minimum absolute atomic E-state index is 0.255. The first-order valence-electron chi connectivity index (χ1n) is 5.61. The van der Waals surface area contributed by atoms with Gasteiger partial charge in [0.2, 0.25) is 0 Å². The summed E-state index contributed by atoms with van der Waals surface area (Å²) in [6.07, 6.45) is -4.59. The van der Waals surface area contributed by atoms with E-state index in [9.17, 15) is 18.0 Å². The third-order valence-corrected chi connectivity index (χ3v) is 2.93. The number of rotatable bonds is 2. The Hall–Kier alpha value is -2.01. The summed E-state index contributed by atoms with van der Waals surface area (Å²) in [5, 5.41) is 2.62. The molecule has 0 saturated heterocycles. The molecule has 0 aliphatic carbocycles. The van der Waals surface area contributed by atoms with Crippen molar-refractivity contribution in [3.63, 3.8) is 0 Å². The minimum Gasteiger partial charge on any atom is -0.321 e. The van der Waals surface area contributed by atoms with E-state index < -0.39 is 23.2 Å². The van der Waals surface area contributed by atoms with Crippen LogP contribution in [-0.4, -0.2) is 5.91 Å². The highest BCUT2D eigenvalue weighted by molar-refractivity contribution is 6.33. The molecular weight excluding hydrogens is 291 g/mol. The zero-order valence-electron chi connectivity index (χ0n) is 10.0. The van der Waals surface area contributed by atoms with Crippen molar-refractivity contribution in [3.05, 3.63) is 64.7 Å². The number of halogens is 4. The Morgan fingerprint density at radius 1 is 1.00 bits per heavy atom. The summed E-state index contributed by atoms with van der Waals surface area (Å²) in [4.78, 5) is 12.0. The molecule has 0 bridgehead atoms. The fourth-order valence-corrected chi connectivity index (χ4v) is 1.86. The molecule has 20 heavy (non-hydrogen) atoms. The van der Waals surface area contributed by atoms with Crippen LogP contribution in [0.4, 0.5) is 18.9 Å². The first-order valence-corrected chi connectivity index (χ1v) is 5.99. The van der Waals surface area contributed by atoms with Crippen LogP contribution in [0, 0.1) is 0 Å². The topological polar surface area (TPSA) is 29.1 Å². The summed E-state index contributed by atoms with van der Waals surface area (Å²) in [6.45, 7) is 0. The van der Waals surface area contributed by atoms with Crippen molar-refractivity contribution in [1.29, 1.82) is 0 Å². The SMILES string of the molecule is O=C(Nc1ccccc1Cl)c1ccccc1C(F)(F)F. The first-order chi connectivity index (χ1) is 9.39. The zero-order valence-corrected chi connectivity index (χ0v) is 10.8. The molecule has 0 unspecified atom stereocenters. The highest BCUT2D eigenvalue weighted by Crippen LogP contribution is 2.32. The van der Waals surface area contributed by atoms with Crippen LogP contribution in [0.25, 0.3) is 0 Å². The van der Waals surface area contributed by atoms with Crippen LogP contribution in [0.2, 0.25) is 5.02 Å². The molecular formula is C14H9ClF3NO. The van der Waals surface area contributed by atoms with Crippen molar-refractivity contribution < 1.29 is 18.0 Å². The molecule has 0 fully saturated rings. The minimum atomic E-state index is -4.59. The second-order valence-electron chi connectivity index (χ2n) is 3.98. The Kier molecular flexibility index (Phi) is 3.99. The number of para-hydroxylation sites is 1. The van der Waals surface area contributed by atoms with E-state index in [1.54, 1.807) is 12.1 Å². The molecule has 6 heteroatoms. The van der Waals surface area contributed by atoms with Crippen molar-refractivity contribution in [2.24, 2.45) is 0 Å². The van der Waals surface area contributed by atoms with Crippen molar-refractivity contribution in [1.82, 2.24) is 0 Å². The van der Waals surface area contributed by atoms with Gasteiger partial charge >= 0.3 is 6.18 Å². The molecule has 0 aliphatic rings. The van der Waals surface area contributed by atoms with E-state index in [1.165, 1.54) is 24.3 Å². The average Bonchev–Trinajstić information content (AvgIpc) is 2.40. The second-order valence-corrected chi connectivity index (χ2v) is 4.38. The summed E-state index contributed by atoms with van der Waals surface area (Å²) in [7, 11) is 0. The van der Waals surface area contributed by atoms with E-state index in [2.05, 4.69) is 5.32 Å². The number of carbonyl (C=O) groups is 1. The molecule has 0 atom stereocenters. The van der Waals surface area contributed by atoms with Gasteiger partial charge in [-0.3, -0.25) is 4.79 Å². The van der Waals surface area contributed by atoms with Gasteiger partial charge in [-0.25, -0.2) is 0 Å². The van der Waals surface area contributed by atoms with E-state index in [-0.39, 0.29) is 10.7 Å². The number of alkyl halides is 3. The summed E-state index contributed by atoms with van der Waals surface area (Å²) >= 11 is 5.85. The molecule has 0 saturated carbocycles. The summed E-state index contributed by atoms with van der Waals surface area (Å²) in [5.74, 6) is -0.856. The van der Waals surface area contributed by atoms with Crippen LogP contribution in [-0.2, 0) is 6.18 Å². The van der Waals surface area contributed by atoms with Gasteiger partial charge in [0.05, 0.1) is 21.8 Å². The van der Waals surface area contributed by atoms with Crippen LogP contribution >= 0.6 is 11.6 Å². The van der Waals surface area contributed by atoms with E-state index in [0.717, 1.165) is 12.1 Å². The van der Waals surface area contributed by atoms with Gasteiger partial charge in [-0.1, -0.05) is 35.9 Å². The second kappa shape index (κ2) is 5.54. The Labute approximate surface area is 118 Å². The summed E-state index contributed by atoms with van der Waals surface area (Å²) in [5.41, 5.74) is -1.17. The third-order valence-electron chi connectivity index (χ3n) is 2.60. The lowest BCUT2D eigenvalue weighted by Gasteiger charge is -2.13. The van der Waals surface area contributed by atoms with Crippen LogP contribution in [0.1, 0.15) is 15.9 Å². The maximum absolute atomic E-state index is 12.8. The third kappa shape index (κ3) is 3.11. The maximum Gasteiger partial charge on any atom is 0.417 e. The molecule has 0 heterocycles. The van der Waals surface area contributed by atoms with E-state index in [0.29, 0.717) is 0 Å². The van der Waals surface area contributed by atoms with E-state index >= 15 is 0 Å². The zero-order chi connectivity index (χ0) is 14.8. The number of amides is 1. The van der Waals surface area contributed by atoms with Crippen molar-refractivity contribution >= 4 is 23.2 Å². The Bertz CT molecular complexity index is 640. The van der Waals surface area contributed by atoms with Gasteiger partial charge in [-0.15, -0.1) is 0 Å². The Morgan fingerprint density at radius 2 is 1.60 bits per heavy atom.